The van der Waals surface area contributed by atoms with E-state index >= 15 is 0 Å². The van der Waals surface area contributed by atoms with Gasteiger partial charge in [-0.15, -0.1) is 11.3 Å². The third-order valence-electron chi connectivity index (χ3n) is 6.31. The highest BCUT2D eigenvalue weighted by atomic mass is 32.1. The summed E-state index contributed by atoms with van der Waals surface area (Å²) in [5.41, 5.74) is 2.86. The third kappa shape index (κ3) is 4.01. The highest BCUT2D eigenvalue weighted by molar-refractivity contribution is 7.12. The molecule has 3 aromatic rings. The molecular weight excluding hydrogens is 406 g/mol. The van der Waals surface area contributed by atoms with Gasteiger partial charge < -0.3 is 10.2 Å². The summed E-state index contributed by atoms with van der Waals surface area (Å²) in [5.74, 6) is 0.0407. The summed E-state index contributed by atoms with van der Waals surface area (Å²) in [6.07, 6.45) is 2.04. The van der Waals surface area contributed by atoms with Gasteiger partial charge in [-0.1, -0.05) is 42.5 Å². The van der Waals surface area contributed by atoms with Crippen molar-refractivity contribution >= 4 is 28.8 Å². The number of amides is 2. The maximum atomic E-state index is 13.4. The first-order chi connectivity index (χ1) is 15.2. The second kappa shape index (κ2) is 8.65. The predicted molar refractivity (Wildman–Crippen MR) is 124 cm³/mol. The molecule has 2 aliphatic heterocycles. The molecule has 0 spiro atoms. The summed E-state index contributed by atoms with van der Waals surface area (Å²) < 4.78 is 0. The number of hydrogen-bond acceptors (Lipinski definition) is 4. The minimum Gasteiger partial charge on any atom is -0.350 e. The molecule has 2 atom stereocenters. The van der Waals surface area contributed by atoms with Crippen LogP contribution in [0.3, 0.4) is 0 Å². The Balaban J connectivity index is 1.37. The minimum absolute atomic E-state index is 0.00504. The lowest BCUT2D eigenvalue weighted by Gasteiger charge is -2.29. The Kier molecular flexibility index (Phi) is 5.57. The van der Waals surface area contributed by atoms with Gasteiger partial charge >= 0.3 is 0 Å². The van der Waals surface area contributed by atoms with Crippen molar-refractivity contribution in [2.75, 3.05) is 18.0 Å². The van der Waals surface area contributed by atoms with Crippen molar-refractivity contribution in [1.29, 1.82) is 0 Å². The molecule has 2 amide bonds. The lowest BCUT2D eigenvalue weighted by Crippen LogP contribution is -2.45. The lowest BCUT2D eigenvalue weighted by molar-refractivity contribution is 0.0938. The number of fused-ring (bicyclic) bond motifs is 2. The monoisotopic (exact) mass is 431 g/mol. The SMILES string of the molecule is O=C(NC[C@H]1CC[C@@H]2CN(C(=O)c3ccccc3)c3ccccc3CN12)c1cccs1. The largest absolute Gasteiger partial charge is 0.350 e. The first kappa shape index (κ1) is 20.0. The standard InChI is InChI=1S/C25H25N3O2S/c29-24(23-11-6-14-31-23)26-15-20-12-13-21-17-28(25(30)18-7-2-1-3-8-18)22-10-5-4-9-19(22)16-27(20)21/h1-11,14,20-21H,12-13,15-17H2,(H,26,29)/t20-,21-/m1/s1. The van der Waals surface area contributed by atoms with Crippen LogP contribution >= 0.6 is 11.3 Å². The zero-order valence-electron chi connectivity index (χ0n) is 17.2. The molecule has 1 fully saturated rings. The smallest absolute Gasteiger partial charge is 0.261 e. The van der Waals surface area contributed by atoms with Crippen LogP contribution in [-0.2, 0) is 6.54 Å². The molecule has 2 aliphatic rings. The van der Waals surface area contributed by atoms with Crippen molar-refractivity contribution in [3.63, 3.8) is 0 Å². The Morgan fingerprint density at radius 1 is 0.968 bits per heavy atom. The van der Waals surface area contributed by atoms with E-state index in [0.717, 1.165) is 35.5 Å². The number of nitrogens with one attached hydrogen (secondary N) is 1. The van der Waals surface area contributed by atoms with Crippen molar-refractivity contribution in [3.8, 4) is 0 Å². The molecule has 2 aromatic carbocycles. The zero-order chi connectivity index (χ0) is 21.2. The topological polar surface area (TPSA) is 52.7 Å². The van der Waals surface area contributed by atoms with E-state index in [0.29, 0.717) is 18.7 Å². The van der Waals surface area contributed by atoms with E-state index in [1.807, 2.05) is 70.9 Å². The lowest BCUT2D eigenvalue weighted by atomic mass is 10.1. The molecular formula is C25H25N3O2S. The molecule has 0 saturated carbocycles. The average Bonchev–Trinajstić information content (AvgIpc) is 3.44. The van der Waals surface area contributed by atoms with Gasteiger partial charge in [0.05, 0.1) is 4.88 Å². The zero-order valence-corrected chi connectivity index (χ0v) is 18.1. The molecule has 5 nitrogen and oxygen atoms in total. The number of carbonyl (C=O) groups excluding carboxylic acids is 2. The Morgan fingerprint density at radius 2 is 1.77 bits per heavy atom. The van der Waals surface area contributed by atoms with E-state index < -0.39 is 0 Å². The molecule has 1 saturated heterocycles. The molecule has 1 aromatic heterocycles. The van der Waals surface area contributed by atoms with Gasteiger partial charge in [0.1, 0.15) is 0 Å². The van der Waals surface area contributed by atoms with Gasteiger partial charge in [0.25, 0.3) is 11.8 Å². The molecule has 31 heavy (non-hydrogen) atoms. The highest BCUT2D eigenvalue weighted by Crippen LogP contribution is 2.35. The van der Waals surface area contributed by atoms with Gasteiger partial charge in [-0.3, -0.25) is 14.5 Å². The van der Waals surface area contributed by atoms with Gasteiger partial charge in [0.15, 0.2) is 0 Å². The Hall–Kier alpha value is -2.96. The van der Waals surface area contributed by atoms with E-state index in [-0.39, 0.29) is 23.9 Å². The Bertz CT molecular complexity index is 1070. The van der Waals surface area contributed by atoms with Crippen LogP contribution in [0.15, 0.2) is 72.1 Å². The number of benzene rings is 2. The summed E-state index contributed by atoms with van der Waals surface area (Å²) in [7, 11) is 0. The van der Waals surface area contributed by atoms with Crippen LogP contribution in [0.1, 0.15) is 38.4 Å². The molecule has 0 aliphatic carbocycles. The fourth-order valence-electron chi connectivity index (χ4n) is 4.74. The molecule has 5 rings (SSSR count). The maximum Gasteiger partial charge on any atom is 0.261 e. The quantitative estimate of drug-likeness (QED) is 0.675. The third-order valence-corrected chi connectivity index (χ3v) is 7.18. The van der Waals surface area contributed by atoms with Gasteiger partial charge in [-0.25, -0.2) is 0 Å². The van der Waals surface area contributed by atoms with Gasteiger partial charge in [-0.05, 0) is 48.1 Å². The van der Waals surface area contributed by atoms with Gasteiger partial charge in [0, 0.05) is 43.0 Å². The van der Waals surface area contributed by atoms with E-state index in [4.69, 9.17) is 0 Å². The number of rotatable bonds is 4. The second-order valence-corrected chi connectivity index (χ2v) is 9.10. The van der Waals surface area contributed by atoms with Crippen molar-refractivity contribution in [1.82, 2.24) is 10.2 Å². The first-order valence-electron chi connectivity index (χ1n) is 10.7. The van der Waals surface area contributed by atoms with Gasteiger partial charge in [-0.2, -0.15) is 0 Å². The van der Waals surface area contributed by atoms with Crippen LogP contribution in [0.25, 0.3) is 0 Å². The van der Waals surface area contributed by atoms with E-state index in [9.17, 15) is 9.59 Å². The molecule has 0 unspecified atom stereocenters. The molecule has 0 radical (unpaired) electrons. The number of hydrogen-bond donors (Lipinski definition) is 1. The summed E-state index contributed by atoms with van der Waals surface area (Å²) in [6.45, 7) is 2.08. The van der Waals surface area contributed by atoms with E-state index in [1.54, 1.807) is 0 Å². The van der Waals surface area contributed by atoms with E-state index in [1.165, 1.54) is 11.3 Å². The van der Waals surface area contributed by atoms with Crippen molar-refractivity contribution in [3.05, 3.63) is 88.1 Å². The number of thiophene rings is 1. The predicted octanol–water partition coefficient (Wildman–Crippen LogP) is 4.17. The molecule has 6 heteroatoms. The van der Waals surface area contributed by atoms with Crippen molar-refractivity contribution in [2.24, 2.45) is 0 Å². The Morgan fingerprint density at radius 3 is 2.58 bits per heavy atom. The average molecular weight is 432 g/mol. The number of anilines is 1. The van der Waals surface area contributed by atoms with Crippen LogP contribution in [-0.4, -0.2) is 41.9 Å². The molecule has 3 heterocycles. The minimum atomic E-state index is -0.00504. The second-order valence-electron chi connectivity index (χ2n) is 8.16. The normalized spacial score (nSPS) is 20.6. The number of para-hydroxylation sites is 1. The van der Waals surface area contributed by atoms with Crippen molar-refractivity contribution < 1.29 is 9.59 Å². The molecule has 158 valence electrons. The van der Waals surface area contributed by atoms with Crippen LogP contribution < -0.4 is 10.2 Å². The number of carbonyl (C=O) groups is 2. The molecule has 0 bridgehead atoms. The fourth-order valence-corrected chi connectivity index (χ4v) is 5.38. The van der Waals surface area contributed by atoms with Crippen LogP contribution in [0, 0.1) is 0 Å². The summed E-state index contributed by atoms with van der Waals surface area (Å²) in [4.78, 5) is 31.0. The van der Waals surface area contributed by atoms with Crippen LogP contribution in [0.2, 0.25) is 0 Å². The maximum absolute atomic E-state index is 13.4. The van der Waals surface area contributed by atoms with E-state index in [2.05, 4.69) is 16.3 Å². The van der Waals surface area contributed by atoms with Crippen molar-refractivity contribution in [2.45, 2.75) is 31.5 Å². The number of nitrogens with zero attached hydrogens (tertiary/aromatic N) is 2. The first-order valence-corrected chi connectivity index (χ1v) is 11.6. The van der Waals surface area contributed by atoms with Crippen LogP contribution in [0.4, 0.5) is 5.69 Å². The Labute approximate surface area is 186 Å². The fraction of sp³-hybridized carbons (Fsp3) is 0.280. The summed E-state index contributed by atoms with van der Waals surface area (Å²) >= 11 is 1.46. The van der Waals surface area contributed by atoms with Gasteiger partial charge in [0.2, 0.25) is 0 Å². The summed E-state index contributed by atoms with van der Waals surface area (Å²) in [6, 6.07) is 22.0. The summed E-state index contributed by atoms with van der Waals surface area (Å²) in [5, 5.41) is 5.03. The van der Waals surface area contributed by atoms with Crippen LogP contribution in [0.5, 0.6) is 0 Å². The molecule has 1 N–H and O–H groups in total. The highest BCUT2D eigenvalue weighted by Gasteiger charge is 2.39.